The van der Waals surface area contributed by atoms with Gasteiger partial charge in [-0.25, -0.2) is 0 Å². The third-order valence-corrected chi connectivity index (χ3v) is 3.36. The molecule has 0 unspecified atom stereocenters. The normalized spacial score (nSPS) is 16.3. The van der Waals surface area contributed by atoms with Gasteiger partial charge < -0.3 is 4.90 Å². The van der Waals surface area contributed by atoms with Gasteiger partial charge in [0, 0.05) is 28.9 Å². The average molecular weight is 193 g/mol. The van der Waals surface area contributed by atoms with Crippen LogP contribution >= 0.6 is 11.3 Å². The number of carbonyl (C=O) groups excluding carboxylic acids is 1. The molecule has 0 radical (unpaired) electrons. The van der Waals surface area contributed by atoms with Gasteiger partial charge in [-0.1, -0.05) is 6.58 Å². The van der Waals surface area contributed by atoms with Gasteiger partial charge in [-0.3, -0.25) is 4.79 Å². The van der Waals surface area contributed by atoms with Crippen molar-refractivity contribution in [3.8, 4) is 0 Å². The van der Waals surface area contributed by atoms with E-state index in [-0.39, 0.29) is 5.91 Å². The Morgan fingerprint density at radius 3 is 3.00 bits per heavy atom. The van der Waals surface area contributed by atoms with E-state index in [4.69, 9.17) is 0 Å². The van der Waals surface area contributed by atoms with Gasteiger partial charge in [0.15, 0.2) is 0 Å². The van der Waals surface area contributed by atoms with E-state index in [0.29, 0.717) is 0 Å². The van der Waals surface area contributed by atoms with Crippen molar-refractivity contribution in [3.63, 3.8) is 0 Å². The number of rotatable bonds is 0. The summed E-state index contributed by atoms with van der Waals surface area (Å²) in [6, 6.07) is 1.96. The molecule has 1 amide bonds. The number of likely N-dealkylation sites (N-methyl/N-ethyl adjacent to an activating group) is 1. The Bertz CT molecular complexity index is 392. The molecule has 3 heteroatoms. The molecule has 1 aromatic rings. The Hall–Kier alpha value is -1.09. The molecule has 0 atom stereocenters. The molecule has 0 saturated heterocycles. The van der Waals surface area contributed by atoms with Gasteiger partial charge in [0.1, 0.15) is 0 Å². The van der Waals surface area contributed by atoms with Crippen LogP contribution in [0.3, 0.4) is 0 Å². The Kier molecular flexibility index (Phi) is 1.77. The van der Waals surface area contributed by atoms with Crippen LogP contribution in [-0.4, -0.2) is 17.9 Å². The molecule has 68 valence electrons. The minimum Gasteiger partial charge on any atom is -0.315 e. The second kappa shape index (κ2) is 2.70. The zero-order chi connectivity index (χ0) is 9.59. The zero-order valence-corrected chi connectivity index (χ0v) is 8.57. The summed E-state index contributed by atoms with van der Waals surface area (Å²) in [6.45, 7) is 5.89. The van der Waals surface area contributed by atoms with E-state index >= 15 is 0 Å². The molecule has 2 heterocycles. The number of aryl methyl sites for hydroxylation is 1. The van der Waals surface area contributed by atoms with Crippen molar-refractivity contribution in [3.05, 3.63) is 33.7 Å². The predicted octanol–water partition coefficient (Wildman–Crippen LogP) is 2.20. The minimum absolute atomic E-state index is 0.0793. The van der Waals surface area contributed by atoms with Crippen molar-refractivity contribution in [2.24, 2.45) is 0 Å². The lowest BCUT2D eigenvalue weighted by Crippen LogP contribution is -2.30. The van der Waals surface area contributed by atoms with E-state index in [0.717, 1.165) is 22.6 Å². The van der Waals surface area contributed by atoms with Gasteiger partial charge in [-0.2, -0.15) is 0 Å². The van der Waals surface area contributed by atoms with Crippen molar-refractivity contribution < 1.29 is 4.79 Å². The maximum Gasteiger partial charge on any atom is 0.258 e. The first kappa shape index (κ1) is 8.51. The fourth-order valence-electron chi connectivity index (χ4n) is 1.50. The summed E-state index contributed by atoms with van der Waals surface area (Å²) < 4.78 is 0. The highest BCUT2D eigenvalue weighted by Crippen LogP contribution is 2.30. The van der Waals surface area contributed by atoms with Crippen LogP contribution < -0.4 is 0 Å². The van der Waals surface area contributed by atoms with Crippen LogP contribution in [0, 0.1) is 6.92 Å². The number of hydrogen-bond donors (Lipinski definition) is 0. The Morgan fingerprint density at radius 1 is 1.62 bits per heavy atom. The number of hydrogen-bond acceptors (Lipinski definition) is 2. The van der Waals surface area contributed by atoms with Crippen LogP contribution in [0.5, 0.6) is 0 Å². The van der Waals surface area contributed by atoms with Crippen molar-refractivity contribution in [1.82, 2.24) is 4.90 Å². The molecule has 2 nitrogen and oxygen atoms in total. The van der Waals surface area contributed by atoms with Crippen molar-refractivity contribution in [2.45, 2.75) is 13.3 Å². The molecule has 0 spiro atoms. The maximum absolute atomic E-state index is 11.7. The number of amides is 1. The van der Waals surface area contributed by atoms with Gasteiger partial charge in [-0.05, 0) is 13.0 Å². The quantitative estimate of drug-likeness (QED) is 0.618. The van der Waals surface area contributed by atoms with Gasteiger partial charge in [-0.15, -0.1) is 11.3 Å². The molecule has 0 bridgehead atoms. The molecule has 0 fully saturated rings. The summed E-state index contributed by atoms with van der Waals surface area (Å²) in [5.74, 6) is 0.0793. The van der Waals surface area contributed by atoms with Crippen molar-refractivity contribution >= 4 is 17.2 Å². The summed E-state index contributed by atoms with van der Waals surface area (Å²) in [5.41, 5.74) is 1.75. The second-order valence-electron chi connectivity index (χ2n) is 3.30. The van der Waals surface area contributed by atoms with Crippen LogP contribution in [0.15, 0.2) is 18.3 Å². The van der Waals surface area contributed by atoms with Gasteiger partial charge in [0.25, 0.3) is 5.91 Å². The van der Waals surface area contributed by atoms with Crippen LogP contribution in [0.25, 0.3) is 0 Å². The van der Waals surface area contributed by atoms with E-state index < -0.39 is 0 Å². The third-order valence-electron chi connectivity index (χ3n) is 2.31. The largest absolute Gasteiger partial charge is 0.315 e. The van der Waals surface area contributed by atoms with Gasteiger partial charge in [0.05, 0.1) is 5.56 Å². The molecule has 1 aliphatic heterocycles. The fourth-order valence-corrected chi connectivity index (χ4v) is 2.56. The lowest BCUT2D eigenvalue weighted by atomic mass is 10.1. The minimum atomic E-state index is 0.0793. The Morgan fingerprint density at radius 2 is 2.31 bits per heavy atom. The average Bonchev–Trinajstić information content (AvgIpc) is 2.42. The third kappa shape index (κ3) is 1.20. The standard InChI is InChI=1S/C10H11NOS/c1-6-4-9-8(5-7(2)13-9)10(12)11(6)3/h5H,1,4H2,2-3H3. The molecule has 1 aliphatic rings. The van der Waals surface area contributed by atoms with E-state index in [1.165, 1.54) is 4.88 Å². The molecular weight excluding hydrogens is 182 g/mol. The maximum atomic E-state index is 11.7. The first-order valence-corrected chi connectivity index (χ1v) is 4.96. The molecule has 13 heavy (non-hydrogen) atoms. The highest BCUT2D eigenvalue weighted by molar-refractivity contribution is 7.12. The van der Waals surface area contributed by atoms with E-state index in [2.05, 4.69) is 6.58 Å². The smallest absolute Gasteiger partial charge is 0.258 e. The van der Waals surface area contributed by atoms with Gasteiger partial charge in [0.2, 0.25) is 0 Å². The first-order valence-electron chi connectivity index (χ1n) is 4.14. The monoisotopic (exact) mass is 193 g/mol. The Labute approximate surface area is 81.5 Å². The number of nitrogens with zero attached hydrogens (tertiary/aromatic N) is 1. The summed E-state index contributed by atoms with van der Waals surface area (Å²) in [7, 11) is 1.78. The molecular formula is C10H11NOS. The lowest BCUT2D eigenvalue weighted by Gasteiger charge is -2.24. The van der Waals surface area contributed by atoms with E-state index in [9.17, 15) is 4.79 Å². The summed E-state index contributed by atoms with van der Waals surface area (Å²) in [6.07, 6.45) is 0.816. The highest BCUT2D eigenvalue weighted by Gasteiger charge is 2.25. The molecule has 0 saturated carbocycles. The summed E-state index contributed by atoms with van der Waals surface area (Å²) >= 11 is 1.69. The molecule has 1 aromatic heterocycles. The Balaban J connectivity index is 2.54. The van der Waals surface area contributed by atoms with Crippen LogP contribution in [0.2, 0.25) is 0 Å². The van der Waals surface area contributed by atoms with Gasteiger partial charge >= 0.3 is 0 Å². The van der Waals surface area contributed by atoms with Crippen molar-refractivity contribution in [2.75, 3.05) is 7.05 Å². The predicted molar refractivity (Wildman–Crippen MR) is 54.0 cm³/mol. The number of carbonyl (C=O) groups is 1. The molecule has 2 rings (SSSR count). The van der Waals surface area contributed by atoms with Crippen LogP contribution in [0.4, 0.5) is 0 Å². The lowest BCUT2D eigenvalue weighted by molar-refractivity contribution is 0.0824. The van der Waals surface area contributed by atoms with E-state index in [1.807, 2.05) is 13.0 Å². The summed E-state index contributed by atoms with van der Waals surface area (Å²) in [4.78, 5) is 15.7. The second-order valence-corrected chi connectivity index (χ2v) is 4.64. The number of allylic oxidation sites excluding steroid dienone is 1. The highest BCUT2D eigenvalue weighted by atomic mass is 32.1. The van der Waals surface area contributed by atoms with Crippen molar-refractivity contribution in [1.29, 1.82) is 0 Å². The van der Waals surface area contributed by atoms with Crippen LogP contribution in [-0.2, 0) is 6.42 Å². The van der Waals surface area contributed by atoms with Crippen LogP contribution in [0.1, 0.15) is 20.1 Å². The first-order chi connectivity index (χ1) is 6.09. The molecule has 0 aliphatic carbocycles. The van der Waals surface area contributed by atoms with E-state index in [1.54, 1.807) is 23.3 Å². The molecule has 0 N–H and O–H groups in total. The zero-order valence-electron chi connectivity index (χ0n) is 7.76. The molecule has 0 aromatic carbocycles. The summed E-state index contributed by atoms with van der Waals surface area (Å²) in [5, 5.41) is 0. The SMILES string of the molecule is C=C1Cc2sc(C)cc2C(=O)N1C. The fraction of sp³-hybridized carbons (Fsp3) is 0.300. The number of fused-ring (bicyclic) bond motifs is 1. The number of thiophene rings is 1. The topological polar surface area (TPSA) is 20.3 Å².